The van der Waals surface area contributed by atoms with Crippen LogP contribution < -0.4 is 4.74 Å². The SMILES string of the molecule is COc1cc(C)c(S(=O)N(C)CCOCC(=O)N(C)CC2CCN(C(=O)CN(C)C)CC2)c(C)c1. The monoisotopic (exact) mass is 510 g/mol. The summed E-state index contributed by atoms with van der Waals surface area (Å²) in [6, 6.07) is 3.76. The molecule has 2 amide bonds. The van der Waals surface area contributed by atoms with Crippen LogP contribution in [0.4, 0.5) is 0 Å². The molecule has 2 rings (SSSR count). The summed E-state index contributed by atoms with van der Waals surface area (Å²) < 4.78 is 25.6. The van der Waals surface area contributed by atoms with Crippen LogP contribution in [0.1, 0.15) is 24.0 Å². The predicted molar refractivity (Wildman–Crippen MR) is 138 cm³/mol. The summed E-state index contributed by atoms with van der Waals surface area (Å²) in [6.45, 7) is 7.17. The van der Waals surface area contributed by atoms with Crippen molar-refractivity contribution in [3.63, 3.8) is 0 Å². The largest absolute Gasteiger partial charge is 0.497 e. The predicted octanol–water partition coefficient (Wildman–Crippen LogP) is 1.54. The van der Waals surface area contributed by atoms with E-state index < -0.39 is 11.0 Å². The Morgan fingerprint density at radius 2 is 1.69 bits per heavy atom. The number of rotatable bonds is 12. The van der Waals surface area contributed by atoms with Gasteiger partial charge in [0.2, 0.25) is 11.8 Å². The van der Waals surface area contributed by atoms with Crippen molar-refractivity contribution in [2.45, 2.75) is 31.6 Å². The molecule has 0 saturated carbocycles. The summed E-state index contributed by atoms with van der Waals surface area (Å²) in [5.41, 5.74) is 1.83. The number of amides is 2. The van der Waals surface area contributed by atoms with Crippen LogP contribution in [0.2, 0.25) is 0 Å². The lowest BCUT2D eigenvalue weighted by atomic mass is 9.96. The lowest BCUT2D eigenvalue weighted by molar-refractivity contribution is -0.137. The molecule has 1 aromatic carbocycles. The van der Waals surface area contributed by atoms with Gasteiger partial charge in [0.15, 0.2) is 0 Å². The van der Waals surface area contributed by atoms with Crippen LogP contribution in [0.5, 0.6) is 5.75 Å². The van der Waals surface area contributed by atoms with E-state index >= 15 is 0 Å². The van der Waals surface area contributed by atoms with Gasteiger partial charge in [0.05, 0.1) is 25.2 Å². The Morgan fingerprint density at radius 3 is 2.23 bits per heavy atom. The number of methoxy groups -OCH3 is 1. The van der Waals surface area contributed by atoms with E-state index in [0.29, 0.717) is 32.2 Å². The van der Waals surface area contributed by atoms with E-state index in [0.717, 1.165) is 47.7 Å². The number of ether oxygens (including phenoxy) is 2. The van der Waals surface area contributed by atoms with Crippen molar-refractivity contribution in [2.24, 2.45) is 5.92 Å². The summed E-state index contributed by atoms with van der Waals surface area (Å²) in [7, 11) is 7.66. The summed E-state index contributed by atoms with van der Waals surface area (Å²) in [5, 5.41) is 0. The van der Waals surface area contributed by atoms with Crippen LogP contribution in [0, 0.1) is 19.8 Å². The Labute approximate surface area is 212 Å². The molecule has 0 bridgehead atoms. The van der Waals surface area contributed by atoms with Crippen LogP contribution in [0.3, 0.4) is 0 Å². The average Bonchev–Trinajstić information content (AvgIpc) is 2.80. The van der Waals surface area contributed by atoms with Crippen LogP contribution in [-0.2, 0) is 25.3 Å². The highest BCUT2D eigenvalue weighted by atomic mass is 32.2. The molecule has 0 aromatic heterocycles. The highest BCUT2D eigenvalue weighted by molar-refractivity contribution is 7.82. The third-order valence-electron chi connectivity index (χ3n) is 6.28. The number of likely N-dealkylation sites (tertiary alicyclic amines) is 1. The smallest absolute Gasteiger partial charge is 0.248 e. The zero-order valence-electron chi connectivity index (χ0n) is 22.3. The third-order valence-corrected chi connectivity index (χ3v) is 8.02. The summed E-state index contributed by atoms with van der Waals surface area (Å²) in [6.07, 6.45) is 1.80. The van der Waals surface area contributed by atoms with Crippen molar-refractivity contribution in [3.05, 3.63) is 23.3 Å². The number of hydrogen-bond acceptors (Lipinski definition) is 6. The number of carbonyl (C=O) groups is 2. The summed E-state index contributed by atoms with van der Waals surface area (Å²) in [4.78, 5) is 31.0. The maximum atomic E-state index is 13.0. The Hall–Kier alpha value is -2.01. The molecular formula is C25H42N4O5S. The van der Waals surface area contributed by atoms with Gasteiger partial charge in [-0.1, -0.05) is 0 Å². The minimum absolute atomic E-state index is 0.00225. The quantitative estimate of drug-likeness (QED) is 0.397. The number of likely N-dealkylation sites (N-methyl/N-ethyl adjacent to an activating group) is 3. The molecule has 35 heavy (non-hydrogen) atoms. The van der Waals surface area contributed by atoms with Gasteiger partial charge in [-0.15, -0.1) is 0 Å². The molecule has 1 fully saturated rings. The van der Waals surface area contributed by atoms with Gasteiger partial charge < -0.3 is 24.2 Å². The fourth-order valence-electron chi connectivity index (χ4n) is 4.23. The van der Waals surface area contributed by atoms with E-state index in [1.54, 1.807) is 30.4 Å². The van der Waals surface area contributed by atoms with E-state index in [9.17, 15) is 13.8 Å². The fraction of sp³-hybridized carbons (Fsp3) is 0.680. The zero-order valence-corrected chi connectivity index (χ0v) is 23.2. The molecule has 1 aromatic rings. The van der Waals surface area contributed by atoms with Gasteiger partial charge in [-0.05, 0) is 70.0 Å². The van der Waals surface area contributed by atoms with Crippen LogP contribution in [0.15, 0.2) is 17.0 Å². The Balaban J connectivity index is 1.70. The first-order valence-electron chi connectivity index (χ1n) is 12.1. The molecule has 1 heterocycles. The van der Waals surface area contributed by atoms with Crippen molar-refractivity contribution in [1.82, 2.24) is 19.0 Å². The molecule has 198 valence electrons. The average molecular weight is 511 g/mol. The number of hydrogen-bond donors (Lipinski definition) is 0. The van der Waals surface area contributed by atoms with Gasteiger partial charge in [-0.25, -0.2) is 8.51 Å². The normalized spacial score (nSPS) is 15.5. The van der Waals surface area contributed by atoms with Crippen LogP contribution in [0.25, 0.3) is 0 Å². The Kier molecular flexibility index (Phi) is 11.6. The second-order valence-corrected chi connectivity index (χ2v) is 11.1. The molecule has 1 aliphatic heterocycles. The number of carbonyl (C=O) groups excluding carboxylic acids is 2. The molecule has 1 atom stereocenters. The summed E-state index contributed by atoms with van der Waals surface area (Å²) in [5.74, 6) is 1.23. The maximum absolute atomic E-state index is 13.0. The van der Waals surface area contributed by atoms with Crippen molar-refractivity contribution >= 4 is 22.8 Å². The minimum Gasteiger partial charge on any atom is -0.497 e. The molecule has 10 heteroatoms. The van der Waals surface area contributed by atoms with Crippen LogP contribution >= 0.6 is 0 Å². The van der Waals surface area contributed by atoms with E-state index in [1.807, 2.05) is 49.9 Å². The third kappa shape index (κ3) is 8.86. The first kappa shape index (κ1) is 29.2. The van der Waals surface area contributed by atoms with E-state index in [2.05, 4.69) is 0 Å². The van der Waals surface area contributed by atoms with Gasteiger partial charge in [0.25, 0.3) is 0 Å². The molecule has 1 unspecified atom stereocenters. The zero-order chi connectivity index (χ0) is 26.1. The molecule has 1 aliphatic rings. The van der Waals surface area contributed by atoms with Crippen molar-refractivity contribution in [3.8, 4) is 5.75 Å². The number of nitrogens with zero attached hydrogens (tertiary/aromatic N) is 4. The van der Waals surface area contributed by atoms with Gasteiger partial charge in [-0.2, -0.15) is 0 Å². The van der Waals surface area contributed by atoms with Crippen molar-refractivity contribution in [2.75, 3.05) is 81.2 Å². The molecular weight excluding hydrogens is 468 g/mol. The van der Waals surface area contributed by atoms with Crippen molar-refractivity contribution in [1.29, 1.82) is 0 Å². The first-order valence-corrected chi connectivity index (χ1v) is 13.2. The number of piperidine rings is 1. The van der Waals surface area contributed by atoms with Gasteiger partial charge in [0, 0.05) is 40.3 Å². The van der Waals surface area contributed by atoms with Gasteiger partial charge in [0.1, 0.15) is 23.3 Å². The molecule has 0 radical (unpaired) electrons. The van der Waals surface area contributed by atoms with E-state index in [-0.39, 0.29) is 18.4 Å². The number of benzene rings is 1. The molecule has 0 N–H and O–H groups in total. The first-order chi connectivity index (χ1) is 16.5. The van der Waals surface area contributed by atoms with Crippen LogP contribution in [-0.4, -0.2) is 116 Å². The number of aryl methyl sites for hydroxylation is 2. The second kappa shape index (κ2) is 13.9. The van der Waals surface area contributed by atoms with E-state index in [4.69, 9.17) is 9.47 Å². The van der Waals surface area contributed by atoms with Crippen molar-refractivity contribution < 1.29 is 23.3 Å². The summed E-state index contributed by atoms with van der Waals surface area (Å²) >= 11 is 0. The standard InChI is InChI=1S/C25H42N4O5S/c1-19-14-22(33-7)15-20(2)25(19)35(32)28(6)12-13-34-18-24(31)27(5)16-21-8-10-29(11-9-21)23(30)17-26(3)4/h14-15,21H,8-13,16-18H2,1-7H3. The molecule has 0 aliphatic carbocycles. The highest BCUT2D eigenvalue weighted by Crippen LogP contribution is 2.25. The maximum Gasteiger partial charge on any atom is 0.248 e. The Bertz CT molecular complexity index is 864. The topological polar surface area (TPSA) is 82.6 Å². The van der Waals surface area contributed by atoms with E-state index in [1.165, 1.54) is 0 Å². The van der Waals surface area contributed by atoms with Gasteiger partial charge in [-0.3, -0.25) is 9.59 Å². The van der Waals surface area contributed by atoms with Gasteiger partial charge >= 0.3 is 0 Å². The fourth-order valence-corrected chi connectivity index (χ4v) is 5.45. The Morgan fingerprint density at radius 1 is 1.09 bits per heavy atom. The lowest BCUT2D eigenvalue weighted by Gasteiger charge is -2.34. The highest BCUT2D eigenvalue weighted by Gasteiger charge is 2.25. The molecule has 9 nitrogen and oxygen atoms in total. The molecule has 0 spiro atoms. The second-order valence-electron chi connectivity index (χ2n) is 9.58. The molecule has 1 saturated heterocycles. The minimum atomic E-state index is -1.33. The lowest BCUT2D eigenvalue weighted by Crippen LogP contribution is -2.45.